The monoisotopic (exact) mass is 397 g/mol. The lowest BCUT2D eigenvalue weighted by molar-refractivity contribution is -0.190. The molecule has 0 bridgehead atoms. The van der Waals surface area contributed by atoms with Gasteiger partial charge >= 0.3 is 18.1 Å². The summed E-state index contributed by atoms with van der Waals surface area (Å²) >= 11 is 11.8. The Labute approximate surface area is 152 Å². The first kappa shape index (κ1) is 19.8. The number of benzene rings is 1. The van der Waals surface area contributed by atoms with Gasteiger partial charge in [-0.05, 0) is 37.0 Å². The molecule has 2 atom stereocenters. The van der Waals surface area contributed by atoms with Crippen LogP contribution in [0.4, 0.5) is 13.2 Å². The Balaban J connectivity index is 2.45. The van der Waals surface area contributed by atoms with E-state index < -0.39 is 30.0 Å². The van der Waals surface area contributed by atoms with Gasteiger partial charge in [-0.3, -0.25) is 9.59 Å². The van der Waals surface area contributed by atoms with Crippen molar-refractivity contribution in [3.05, 3.63) is 33.8 Å². The second kappa shape index (κ2) is 7.83. The summed E-state index contributed by atoms with van der Waals surface area (Å²) in [5, 5.41) is 0.415. The summed E-state index contributed by atoms with van der Waals surface area (Å²) in [5.74, 6) is -3.76. The average molecular weight is 398 g/mol. The lowest BCUT2D eigenvalue weighted by atomic mass is 9.85. The first-order valence-electron chi connectivity index (χ1n) is 7.57. The molecule has 9 heteroatoms. The maximum absolute atomic E-state index is 12.9. The highest BCUT2D eigenvalue weighted by molar-refractivity contribution is 6.42. The van der Waals surface area contributed by atoms with Crippen molar-refractivity contribution in [2.45, 2.75) is 37.4 Å². The SMILES string of the molecule is COC(=O)C(c1ccc(Cl)c(Cl)c1)C1CCCCN1C(=O)C(F)(F)F. The number of halogens is 5. The Morgan fingerprint density at radius 3 is 2.48 bits per heavy atom. The molecule has 0 N–H and O–H groups in total. The van der Waals surface area contributed by atoms with E-state index in [0.29, 0.717) is 23.3 Å². The van der Waals surface area contributed by atoms with Gasteiger partial charge in [0.05, 0.1) is 17.2 Å². The molecule has 1 heterocycles. The molecule has 1 aromatic carbocycles. The maximum atomic E-state index is 12.9. The van der Waals surface area contributed by atoms with Crippen LogP contribution in [0.15, 0.2) is 18.2 Å². The summed E-state index contributed by atoms with van der Waals surface area (Å²) in [6.07, 6.45) is -3.72. The molecule has 1 aliphatic heterocycles. The number of carbonyl (C=O) groups excluding carboxylic acids is 2. The van der Waals surface area contributed by atoms with Crippen molar-refractivity contribution in [1.82, 2.24) is 4.90 Å². The number of rotatable bonds is 3. The Hall–Kier alpha value is -1.47. The normalized spacial score (nSPS) is 19.4. The van der Waals surface area contributed by atoms with Crippen molar-refractivity contribution in [2.24, 2.45) is 0 Å². The van der Waals surface area contributed by atoms with Gasteiger partial charge in [-0.25, -0.2) is 0 Å². The fourth-order valence-electron chi connectivity index (χ4n) is 3.07. The van der Waals surface area contributed by atoms with Gasteiger partial charge in [-0.2, -0.15) is 13.2 Å². The first-order chi connectivity index (χ1) is 11.7. The summed E-state index contributed by atoms with van der Waals surface area (Å²) in [4.78, 5) is 24.8. The summed E-state index contributed by atoms with van der Waals surface area (Å²) in [5.41, 5.74) is 0.355. The van der Waals surface area contributed by atoms with Crippen LogP contribution in [0.1, 0.15) is 30.7 Å². The molecule has 1 aliphatic rings. The number of likely N-dealkylation sites (tertiary alicyclic amines) is 1. The molecule has 0 aromatic heterocycles. The molecule has 2 unspecified atom stereocenters. The summed E-state index contributed by atoms with van der Waals surface area (Å²) < 4.78 is 43.6. The Kier molecular flexibility index (Phi) is 6.21. The van der Waals surface area contributed by atoms with Crippen LogP contribution >= 0.6 is 23.2 Å². The van der Waals surface area contributed by atoms with E-state index in [9.17, 15) is 22.8 Å². The molecule has 1 aromatic rings. The van der Waals surface area contributed by atoms with E-state index >= 15 is 0 Å². The highest BCUT2D eigenvalue weighted by Crippen LogP contribution is 2.36. The molecule has 138 valence electrons. The summed E-state index contributed by atoms with van der Waals surface area (Å²) in [7, 11) is 1.14. The van der Waals surface area contributed by atoms with Crippen molar-refractivity contribution >= 4 is 35.1 Å². The van der Waals surface area contributed by atoms with E-state index in [1.807, 2.05) is 0 Å². The summed E-state index contributed by atoms with van der Waals surface area (Å²) in [6.45, 7) is -0.0716. The number of carbonyl (C=O) groups is 2. The van der Waals surface area contributed by atoms with Gasteiger partial charge in [-0.1, -0.05) is 29.3 Å². The van der Waals surface area contributed by atoms with Crippen molar-refractivity contribution < 1.29 is 27.5 Å². The number of methoxy groups -OCH3 is 1. The van der Waals surface area contributed by atoms with Crippen LogP contribution in [0.3, 0.4) is 0 Å². The zero-order valence-electron chi connectivity index (χ0n) is 13.3. The fourth-order valence-corrected chi connectivity index (χ4v) is 3.37. The molecule has 1 amide bonds. The smallest absolute Gasteiger partial charge is 0.468 e. The van der Waals surface area contributed by atoms with Gasteiger partial charge in [0.1, 0.15) is 5.92 Å². The molecule has 1 saturated heterocycles. The Morgan fingerprint density at radius 2 is 1.92 bits per heavy atom. The third kappa shape index (κ3) is 4.39. The number of alkyl halides is 3. The van der Waals surface area contributed by atoms with Crippen LogP contribution in [0, 0.1) is 0 Å². The van der Waals surface area contributed by atoms with E-state index in [-0.39, 0.29) is 23.0 Å². The summed E-state index contributed by atoms with van der Waals surface area (Å²) in [6, 6.07) is 3.40. The highest BCUT2D eigenvalue weighted by Gasteiger charge is 2.48. The zero-order chi connectivity index (χ0) is 18.8. The van der Waals surface area contributed by atoms with Gasteiger partial charge < -0.3 is 9.64 Å². The minimum absolute atomic E-state index is 0.0716. The van der Waals surface area contributed by atoms with Gasteiger partial charge in [-0.15, -0.1) is 0 Å². The molecule has 2 rings (SSSR count). The predicted octanol–water partition coefficient (Wildman–Crippen LogP) is 4.19. The van der Waals surface area contributed by atoms with Gasteiger partial charge in [0.15, 0.2) is 0 Å². The number of ether oxygens (including phenoxy) is 1. The molecule has 4 nitrogen and oxygen atoms in total. The van der Waals surface area contributed by atoms with E-state index in [2.05, 4.69) is 0 Å². The van der Waals surface area contributed by atoms with Crippen LogP contribution in [0.5, 0.6) is 0 Å². The van der Waals surface area contributed by atoms with Crippen LogP contribution in [-0.2, 0) is 14.3 Å². The number of amides is 1. The number of hydrogen-bond donors (Lipinski definition) is 0. The van der Waals surface area contributed by atoms with Crippen molar-refractivity contribution in [2.75, 3.05) is 13.7 Å². The second-order valence-corrected chi connectivity index (χ2v) is 6.55. The van der Waals surface area contributed by atoms with Crippen molar-refractivity contribution in [1.29, 1.82) is 0 Å². The molecule has 0 saturated carbocycles. The van der Waals surface area contributed by atoms with Crippen LogP contribution in [0.25, 0.3) is 0 Å². The lowest BCUT2D eigenvalue weighted by Gasteiger charge is -2.39. The van der Waals surface area contributed by atoms with Crippen molar-refractivity contribution in [3.63, 3.8) is 0 Å². The molecule has 0 spiro atoms. The Morgan fingerprint density at radius 1 is 1.24 bits per heavy atom. The van der Waals surface area contributed by atoms with Crippen LogP contribution in [-0.4, -0.2) is 42.6 Å². The quantitative estimate of drug-likeness (QED) is 0.718. The maximum Gasteiger partial charge on any atom is 0.471 e. The lowest BCUT2D eigenvalue weighted by Crippen LogP contribution is -2.53. The van der Waals surface area contributed by atoms with Gasteiger partial charge in [0.25, 0.3) is 0 Å². The molecule has 0 radical (unpaired) electrons. The number of piperidine rings is 1. The molecular formula is C16H16Cl2F3NO3. The van der Waals surface area contributed by atoms with Crippen LogP contribution < -0.4 is 0 Å². The third-order valence-electron chi connectivity index (χ3n) is 4.20. The van der Waals surface area contributed by atoms with Gasteiger partial charge in [0, 0.05) is 12.6 Å². The van der Waals surface area contributed by atoms with E-state index in [0.717, 1.165) is 7.11 Å². The number of hydrogen-bond acceptors (Lipinski definition) is 3. The standard InChI is InChI=1S/C16H16Cl2F3NO3/c1-25-14(23)13(9-5-6-10(17)11(18)8-9)12-4-2-3-7-22(12)15(24)16(19,20)21/h5-6,8,12-13H,2-4,7H2,1H3. The van der Waals surface area contributed by atoms with Crippen molar-refractivity contribution in [3.8, 4) is 0 Å². The molecule has 0 aliphatic carbocycles. The first-order valence-corrected chi connectivity index (χ1v) is 8.33. The average Bonchev–Trinajstić information content (AvgIpc) is 2.57. The minimum atomic E-state index is -5.01. The fraction of sp³-hybridized carbons (Fsp3) is 0.500. The van der Waals surface area contributed by atoms with E-state index in [1.165, 1.54) is 18.2 Å². The molecule has 25 heavy (non-hydrogen) atoms. The third-order valence-corrected chi connectivity index (χ3v) is 4.93. The second-order valence-electron chi connectivity index (χ2n) is 5.73. The van der Waals surface area contributed by atoms with E-state index in [4.69, 9.17) is 27.9 Å². The Bertz CT molecular complexity index is 667. The molecule has 1 fully saturated rings. The topological polar surface area (TPSA) is 46.6 Å². The predicted molar refractivity (Wildman–Crippen MR) is 86.6 cm³/mol. The number of esters is 1. The highest BCUT2D eigenvalue weighted by atomic mass is 35.5. The van der Waals surface area contributed by atoms with Crippen LogP contribution in [0.2, 0.25) is 10.0 Å². The van der Waals surface area contributed by atoms with E-state index in [1.54, 1.807) is 0 Å². The van der Waals surface area contributed by atoms with Gasteiger partial charge in [0.2, 0.25) is 0 Å². The zero-order valence-corrected chi connectivity index (χ0v) is 14.8. The minimum Gasteiger partial charge on any atom is -0.468 e. The molecular weight excluding hydrogens is 382 g/mol. The largest absolute Gasteiger partial charge is 0.471 e. The number of nitrogens with zero attached hydrogens (tertiary/aromatic N) is 1.